The van der Waals surface area contributed by atoms with Crippen molar-refractivity contribution in [3.63, 3.8) is 0 Å². The van der Waals surface area contributed by atoms with E-state index in [9.17, 15) is 8.42 Å². The second-order valence-corrected chi connectivity index (χ2v) is 9.55. The molecule has 0 aliphatic rings. The highest BCUT2D eigenvalue weighted by Gasteiger charge is 2.26. The molecular formula is C24H24N4O2S2. The van der Waals surface area contributed by atoms with Gasteiger partial charge in [-0.3, -0.25) is 5.10 Å². The van der Waals surface area contributed by atoms with Crippen molar-refractivity contribution in [3.8, 4) is 0 Å². The Hall–Kier alpha value is -3.07. The topological polar surface area (TPSA) is 79.8 Å². The average Bonchev–Trinajstić information content (AvgIpc) is 3.19. The molecule has 32 heavy (non-hydrogen) atoms. The third-order valence-electron chi connectivity index (χ3n) is 5.20. The van der Waals surface area contributed by atoms with E-state index in [1.165, 1.54) is 5.56 Å². The number of sulfonamides is 1. The van der Waals surface area contributed by atoms with Gasteiger partial charge in [-0.1, -0.05) is 78.9 Å². The Bertz CT molecular complexity index is 1300. The molecule has 0 saturated carbocycles. The Balaban J connectivity index is 1.66. The first kappa shape index (κ1) is 22.1. The Morgan fingerprint density at radius 1 is 0.875 bits per heavy atom. The standard InChI is InChI=1S/C24H24N4O2S2/c29-32(30,21-14-8-3-9-15-21)27-22(18-20-12-6-2-7-13-20)23-25-26-24(31)28(23)17-16-19-10-4-1-5-11-19/h1-15,22,27H,16-18H2,(H,26,31)/t22-/m0/s1. The van der Waals surface area contributed by atoms with Crippen molar-refractivity contribution in [1.82, 2.24) is 19.5 Å². The summed E-state index contributed by atoms with van der Waals surface area (Å²) in [7, 11) is -3.75. The van der Waals surface area contributed by atoms with E-state index in [0.29, 0.717) is 23.6 Å². The van der Waals surface area contributed by atoms with Crippen molar-refractivity contribution in [3.05, 3.63) is 113 Å². The SMILES string of the molecule is O=S(=O)(N[C@@H](Cc1ccccc1)c1n[nH]c(=S)n1CCc1ccccc1)c1ccccc1. The lowest BCUT2D eigenvalue weighted by atomic mass is 10.1. The largest absolute Gasteiger partial charge is 0.302 e. The van der Waals surface area contributed by atoms with E-state index in [4.69, 9.17) is 12.2 Å². The van der Waals surface area contributed by atoms with Crippen LogP contribution in [0, 0.1) is 4.77 Å². The predicted molar refractivity (Wildman–Crippen MR) is 127 cm³/mol. The molecule has 6 nitrogen and oxygen atoms in total. The predicted octanol–water partition coefficient (Wildman–Crippen LogP) is 4.45. The fourth-order valence-electron chi connectivity index (χ4n) is 3.59. The maximum absolute atomic E-state index is 13.1. The third-order valence-corrected chi connectivity index (χ3v) is 7.00. The van der Waals surface area contributed by atoms with Crippen molar-refractivity contribution in [2.75, 3.05) is 0 Å². The van der Waals surface area contributed by atoms with Gasteiger partial charge < -0.3 is 4.57 Å². The van der Waals surface area contributed by atoms with Gasteiger partial charge in [-0.2, -0.15) is 5.10 Å². The fourth-order valence-corrected chi connectivity index (χ4v) is 5.03. The van der Waals surface area contributed by atoms with Gasteiger partial charge in [-0.25, -0.2) is 13.1 Å². The number of H-pyrrole nitrogens is 1. The summed E-state index contributed by atoms with van der Waals surface area (Å²) in [6.07, 6.45) is 1.20. The lowest BCUT2D eigenvalue weighted by Gasteiger charge is -2.19. The van der Waals surface area contributed by atoms with Crippen molar-refractivity contribution >= 4 is 22.2 Å². The number of nitrogens with zero attached hydrogens (tertiary/aromatic N) is 2. The smallest absolute Gasteiger partial charge is 0.241 e. The van der Waals surface area contributed by atoms with E-state index in [1.54, 1.807) is 30.3 Å². The van der Waals surface area contributed by atoms with E-state index in [-0.39, 0.29) is 4.90 Å². The molecule has 164 valence electrons. The number of rotatable bonds is 9. The molecule has 0 fully saturated rings. The molecule has 0 aliphatic carbocycles. The Kier molecular flexibility index (Phi) is 6.94. The average molecular weight is 465 g/mol. The van der Waals surface area contributed by atoms with Crippen molar-refractivity contribution in [1.29, 1.82) is 0 Å². The zero-order valence-electron chi connectivity index (χ0n) is 17.4. The number of aromatic amines is 1. The van der Waals surface area contributed by atoms with Gasteiger partial charge in [0.25, 0.3) is 0 Å². The Labute approximate surface area is 193 Å². The first-order valence-corrected chi connectivity index (χ1v) is 12.2. The minimum absolute atomic E-state index is 0.211. The quantitative estimate of drug-likeness (QED) is 0.359. The van der Waals surface area contributed by atoms with Crippen LogP contribution in [-0.2, 0) is 29.4 Å². The van der Waals surface area contributed by atoms with Gasteiger partial charge in [0.1, 0.15) is 5.82 Å². The number of nitrogens with one attached hydrogen (secondary N) is 2. The van der Waals surface area contributed by atoms with Gasteiger partial charge in [0, 0.05) is 6.54 Å². The van der Waals surface area contributed by atoms with Crippen LogP contribution in [0.15, 0.2) is 95.9 Å². The van der Waals surface area contributed by atoms with Crippen LogP contribution in [0.3, 0.4) is 0 Å². The summed E-state index contributed by atoms with van der Waals surface area (Å²) in [5.74, 6) is 0.564. The number of hydrogen-bond acceptors (Lipinski definition) is 4. The van der Waals surface area contributed by atoms with Gasteiger partial charge in [-0.05, 0) is 48.3 Å². The summed E-state index contributed by atoms with van der Waals surface area (Å²) >= 11 is 5.47. The maximum Gasteiger partial charge on any atom is 0.241 e. The molecule has 0 amide bonds. The summed E-state index contributed by atoms with van der Waals surface area (Å²) in [6.45, 7) is 0.590. The minimum atomic E-state index is -3.75. The van der Waals surface area contributed by atoms with Crippen LogP contribution in [-0.4, -0.2) is 23.2 Å². The maximum atomic E-state index is 13.1. The second kappa shape index (κ2) is 10.0. The van der Waals surface area contributed by atoms with Crippen LogP contribution in [0.4, 0.5) is 0 Å². The summed E-state index contributed by atoms with van der Waals surface area (Å²) in [5.41, 5.74) is 2.17. The number of aromatic nitrogens is 3. The molecule has 4 rings (SSSR count). The van der Waals surface area contributed by atoms with E-state index in [1.807, 2.05) is 53.1 Å². The molecule has 1 heterocycles. The van der Waals surface area contributed by atoms with Crippen LogP contribution >= 0.6 is 12.2 Å². The highest BCUT2D eigenvalue weighted by Crippen LogP contribution is 2.21. The normalized spacial score (nSPS) is 12.5. The first-order chi connectivity index (χ1) is 15.5. The molecule has 3 aromatic carbocycles. The molecule has 0 saturated heterocycles. The molecule has 0 aliphatic heterocycles. The van der Waals surface area contributed by atoms with Crippen molar-refractivity contribution in [2.45, 2.75) is 30.3 Å². The fraction of sp³-hybridized carbons (Fsp3) is 0.167. The molecule has 0 unspecified atom stereocenters. The van der Waals surface area contributed by atoms with Gasteiger partial charge in [-0.15, -0.1) is 0 Å². The molecule has 8 heteroatoms. The van der Waals surface area contributed by atoms with E-state index < -0.39 is 16.1 Å². The van der Waals surface area contributed by atoms with Gasteiger partial charge in [0.15, 0.2) is 4.77 Å². The van der Waals surface area contributed by atoms with Crippen LogP contribution < -0.4 is 4.72 Å². The zero-order chi connectivity index (χ0) is 22.4. The van der Waals surface area contributed by atoms with Crippen LogP contribution in [0.2, 0.25) is 0 Å². The van der Waals surface area contributed by atoms with Crippen molar-refractivity contribution in [2.24, 2.45) is 0 Å². The number of hydrogen-bond donors (Lipinski definition) is 2. The van der Waals surface area contributed by atoms with Crippen LogP contribution in [0.5, 0.6) is 0 Å². The van der Waals surface area contributed by atoms with Gasteiger partial charge in [0.05, 0.1) is 10.9 Å². The molecule has 1 atom stereocenters. The zero-order valence-corrected chi connectivity index (χ0v) is 19.0. The molecule has 0 spiro atoms. The van der Waals surface area contributed by atoms with Crippen molar-refractivity contribution < 1.29 is 8.42 Å². The summed E-state index contributed by atoms with van der Waals surface area (Å²) in [5, 5.41) is 7.27. The monoisotopic (exact) mass is 464 g/mol. The van der Waals surface area contributed by atoms with E-state index in [2.05, 4.69) is 27.1 Å². The minimum Gasteiger partial charge on any atom is -0.302 e. The lowest BCUT2D eigenvalue weighted by Crippen LogP contribution is -2.32. The molecule has 0 radical (unpaired) electrons. The van der Waals surface area contributed by atoms with Gasteiger partial charge in [0.2, 0.25) is 10.0 Å². The van der Waals surface area contributed by atoms with Gasteiger partial charge >= 0.3 is 0 Å². The van der Waals surface area contributed by atoms with Crippen LogP contribution in [0.1, 0.15) is 23.0 Å². The molecular weight excluding hydrogens is 440 g/mol. The first-order valence-electron chi connectivity index (χ1n) is 10.3. The molecule has 1 aromatic heterocycles. The highest BCUT2D eigenvalue weighted by molar-refractivity contribution is 7.89. The molecule has 2 N–H and O–H groups in total. The van der Waals surface area contributed by atoms with E-state index >= 15 is 0 Å². The number of aryl methyl sites for hydroxylation is 1. The lowest BCUT2D eigenvalue weighted by molar-refractivity contribution is 0.518. The number of benzene rings is 3. The second-order valence-electron chi connectivity index (χ2n) is 7.45. The Morgan fingerprint density at radius 3 is 2.06 bits per heavy atom. The van der Waals surface area contributed by atoms with Crippen LogP contribution in [0.25, 0.3) is 0 Å². The van der Waals surface area contributed by atoms with E-state index in [0.717, 1.165) is 12.0 Å². The highest BCUT2D eigenvalue weighted by atomic mass is 32.2. The molecule has 0 bridgehead atoms. The molecule has 4 aromatic rings. The summed E-state index contributed by atoms with van der Waals surface area (Å²) in [6, 6.07) is 27.6. The Morgan fingerprint density at radius 2 is 1.44 bits per heavy atom. The summed E-state index contributed by atoms with van der Waals surface area (Å²) in [4.78, 5) is 0.211. The summed E-state index contributed by atoms with van der Waals surface area (Å²) < 4.78 is 31.4. The third kappa shape index (κ3) is 5.40.